The predicted octanol–water partition coefficient (Wildman–Crippen LogP) is 4.75. The first-order chi connectivity index (χ1) is 11.9. The minimum absolute atomic E-state index is 0.0429. The summed E-state index contributed by atoms with van der Waals surface area (Å²) in [6.45, 7) is 8.30. The van der Waals surface area contributed by atoms with Crippen molar-refractivity contribution in [1.29, 1.82) is 0 Å². The third kappa shape index (κ3) is 4.19. The Morgan fingerprint density at radius 2 is 1.76 bits per heavy atom. The molecule has 132 valence electrons. The molecular formula is C21H27N3O. The van der Waals surface area contributed by atoms with Gasteiger partial charge in [0.2, 0.25) is 0 Å². The molecule has 1 aromatic carbocycles. The number of amides is 1. The second-order valence-corrected chi connectivity index (χ2v) is 7.71. The Morgan fingerprint density at radius 3 is 2.40 bits per heavy atom. The van der Waals surface area contributed by atoms with Crippen LogP contribution in [0.3, 0.4) is 0 Å². The van der Waals surface area contributed by atoms with Crippen LogP contribution >= 0.6 is 0 Å². The Bertz CT molecular complexity index is 726. The molecule has 2 aromatic rings. The summed E-state index contributed by atoms with van der Waals surface area (Å²) >= 11 is 0. The van der Waals surface area contributed by atoms with Gasteiger partial charge in [-0.25, -0.2) is 4.98 Å². The molecule has 0 saturated carbocycles. The molecule has 1 fully saturated rings. The second kappa shape index (κ2) is 7.26. The molecule has 1 aliphatic heterocycles. The van der Waals surface area contributed by atoms with E-state index in [1.807, 2.05) is 23.1 Å². The molecule has 4 nitrogen and oxygen atoms in total. The van der Waals surface area contributed by atoms with Gasteiger partial charge in [-0.3, -0.25) is 4.79 Å². The first-order valence-corrected chi connectivity index (χ1v) is 9.07. The number of para-hydroxylation sites is 1. The monoisotopic (exact) mass is 337 g/mol. The highest BCUT2D eigenvalue weighted by Crippen LogP contribution is 2.31. The number of hydrogen-bond donors (Lipinski definition) is 1. The van der Waals surface area contributed by atoms with Gasteiger partial charge in [-0.05, 0) is 48.4 Å². The quantitative estimate of drug-likeness (QED) is 0.879. The minimum Gasteiger partial charge on any atom is -0.354 e. The van der Waals surface area contributed by atoms with Gasteiger partial charge < -0.3 is 10.2 Å². The van der Waals surface area contributed by atoms with Crippen LogP contribution in [0.25, 0.3) is 0 Å². The maximum absolute atomic E-state index is 12.5. The Labute approximate surface area is 150 Å². The number of pyridine rings is 1. The number of carbonyl (C=O) groups excluding carboxylic acids is 1. The lowest BCUT2D eigenvalue weighted by atomic mass is 9.86. The number of anilines is 2. The Morgan fingerprint density at radius 1 is 1.04 bits per heavy atom. The minimum atomic E-state index is 0.0429. The van der Waals surface area contributed by atoms with E-state index >= 15 is 0 Å². The molecule has 1 aromatic heterocycles. The zero-order valence-electron chi connectivity index (χ0n) is 15.4. The van der Waals surface area contributed by atoms with Crippen LogP contribution in [0.4, 0.5) is 11.4 Å². The van der Waals surface area contributed by atoms with E-state index in [-0.39, 0.29) is 11.3 Å². The van der Waals surface area contributed by atoms with E-state index in [0.717, 1.165) is 37.3 Å². The molecule has 0 radical (unpaired) electrons. The normalized spacial score (nSPS) is 15.1. The molecule has 1 aliphatic rings. The molecule has 0 aliphatic carbocycles. The summed E-state index contributed by atoms with van der Waals surface area (Å²) < 4.78 is 0. The number of aromatic nitrogens is 1. The Kier molecular flexibility index (Phi) is 5.07. The maximum Gasteiger partial charge on any atom is 0.272 e. The number of likely N-dealkylation sites (tertiary alicyclic amines) is 1. The standard InChI is InChI=1S/C21H27N3O/c1-21(2,3)17-9-5-6-10-18(17)23-16-11-12-19(22-15-16)20(25)24-13-7-4-8-14-24/h5-6,9-12,15,23H,4,7-8,13-14H2,1-3H3. The molecule has 3 rings (SSSR count). The van der Waals surface area contributed by atoms with Gasteiger partial charge in [0.25, 0.3) is 5.91 Å². The average molecular weight is 337 g/mol. The van der Waals surface area contributed by atoms with E-state index in [4.69, 9.17) is 0 Å². The SMILES string of the molecule is CC(C)(C)c1ccccc1Nc1ccc(C(=O)N2CCCCC2)nc1. The lowest BCUT2D eigenvalue weighted by Crippen LogP contribution is -2.36. The van der Waals surface area contributed by atoms with Gasteiger partial charge in [0.1, 0.15) is 5.69 Å². The maximum atomic E-state index is 12.5. The summed E-state index contributed by atoms with van der Waals surface area (Å²) in [5.41, 5.74) is 3.81. The zero-order chi connectivity index (χ0) is 17.9. The van der Waals surface area contributed by atoms with Crippen molar-refractivity contribution in [3.8, 4) is 0 Å². The van der Waals surface area contributed by atoms with Crippen molar-refractivity contribution < 1.29 is 4.79 Å². The molecule has 1 N–H and O–H groups in total. The number of piperidine rings is 1. The van der Waals surface area contributed by atoms with Gasteiger partial charge in [0, 0.05) is 18.8 Å². The van der Waals surface area contributed by atoms with Crippen LogP contribution in [0.15, 0.2) is 42.6 Å². The lowest BCUT2D eigenvalue weighted by molar-refractivity contribution is 0.0718. The van der Waals surface area contributed by atoms with Gasteiger partial charge in [0.15, 0.2) is 0 Å². The smallest absolute Gasteiger partial charge is 0.272 e. The first kappa shape index (κ1) is 17.5. The Hall–Kier alpha value is -2.36. The molecule has 4 heteroatoms. The van der Waals surface area contributed by atoms with Crippen LogP contribution in [-0.4, -0.2) is 28.9 Å². The van der Waals surface area contributed by atoms with E-state index in [1.165, 1.54) is 12.0 Å². The number of nitrogens with zero attached hydrogens (tertiary/aromatic N) is 2. The molecule has 25 heavy (non-hydrogen) atoms. The molecule has 0 unspecified atom stereocenters. The number of rotatable bonds is 3. The van der Waals surface area contributed by atoms with E-state index in [9.17, 15) is 4.79 Å². The predicted molar refractivity (Wildman–Crippen MR) is 102 cm³/mol. The molecule has 1 amide bonds. The highest BCUT2D eigenvalue weighted by atomic mass is 16.2. The van der Waals surface area contributed by atoms with Crippen molar-refractivity contribution in [2.45, 2.75) is 45.4 Å². The molecule has 0 atom stereocenters. The van der Waals surface area contributed by atoms with Gasteiger partial charge >= 0.3 is 0 Å². The number of carbonyl (C=O) groups is 1. The van der Waals surface area contributed by atoms with Crippen LogP contribution in [0.5, 0.6) is 0 Å². The highest BCUT2D eigenvalue weighted by molar-refractivity contribution is 5.92. The van der Waals surface area contributed by atoms with Crippen molar-refractivity contribution in [2.24, 2.45) is 0 Å². The largest absolute Gasteiger partial charge is 0.354 e. The highest BCUT2D eigenvalue weighted by Gasteiger charge is 2.20. The summed E-state index contributed by atoms with van der Waals surface area (Å²) in [5.74, 6) is 0.0429. The number of nitrogens with one attached hydrogen (secondary N) is 1. The van der Waals surface area contributed by atoms with Crippen molar-refractivity contribution in [1.82, 2.24) is 9.88 Å². The summed E-state index contributed by atoms with van der Waals surface area (Å²) in [6.07, 6.45) is 5.15. The van der Waals surface area contributed by atoms with E-state index in [1.54, 1.807) is 6.20 Å². The van der Waals surface area contributed by atoms with Crippen molar-refractivity contribution in [2.75, 3.05) is 18.4 Å². The fourth-order valence-corrected chi connectivity index (χ4v) is 3.25. The zero-order valence-corrected chi connectivity index (χ0v) is 15.4. The third-order valence-electron chi connectivity index (χ3n) is 4.64. The van der Waals surface area contributed by atoms with Crippen molar-refractivity contribution >= 4 is 17.3 Å². The Balaban J connectivity index is 1.74. The summed E-state index contributed by atoms with van der Waals surface area (Å²) in [6, 6.07) is 12.1. The molecule has 1 saturated heterocycles. The van der Waals surface area contributed by atoms with Crippen LogP contribution in [0.1, 0.15) is 56.1 Å². The van der Waals surface area contributed by atoms with Gasteiger partial charge in [-0.15, -0.1) is 0 Å². The summed E-state index contributed by atoms with van der Waals surface area (Å²) in [4.78, 5) is 18.8. The summed E-state index contributed by atoms with van der Waals surface area (Å²) in [7, 11) is 0. The van der Waals surface area contributed by atoms with E-state index in [0.29, 0.717) is 5.69 Å². The van der Waals surface area contributed by atoms with Crippen LogP contribution in [0, 0.1) is 0 Å². The van der Waals surface area contributed by atoms with Crippen molar-refractivity contribution in [3.05, 3.63) is 53.9 Å². The van der Waals surface area contributed by atoms with E-state index < -0.39 is 0 Å². The van der Waals surface area contributed by atoms with Gasteiger partial charge in [-0.1, -0.05) is 39.0 Å². The molecular weight excluding hydrogens is 310 g/mol. The van der Waals surface area contributed by atoms with Crippen molar-refractivity contribution in [3.63, 3.8) is 0 Å². The second-order valence-electron chi connectivity index (χ2n) is 7.71. The molecule has 2 heterocycles. The molecule has 0 spiro atoms. The number of benzene rings is 1. The van der Waals surface area contributed by atoms with Crippen LogP contribution in [-0.2, 0) is 5.41 Å². The fourth-order valence-electron chi connectivity index (χ4n) is 3.25. The van der Waals surface area contributed by atoms with Crippen LogP contribution in [0.2, 0.25) is 0 Å². The third-order valence-corrected chi connectivity index (χ3v) is 4.64. The van der Waals surface area contributed by atoms with Gasteiger partial charge in [0.05, 0.1) is 11.9 Å². The average Bonchev–Trinajstić information content (AvgIpc) is 2.62. The van der Waals surface area contributed by atoms with E-state index in [2.05, 4.69) is 49.3 Å². The first-order valence-electron chi connectivity index (χ1n) is 9.07. The topological polar surface area (TPSA) is 45.2 Å². The fraction of sp³-hybridized carbons (Fsp3) is 0.429. The van der Waals surface area contributed by atoms with Gasteiger partial charge in [-0.2, -0.15) is 0 Å². The molecule has 0 bridgehead atoms. The lowest BCUT2D eigenvalue weighted by Gasteiger charge is -2.26. The summed E-state index contributed by atoms with van der Waals surface area (Å²) in [5, 5.41) is 3.44. The van der Waals surface area contributed by atoms with Crippen LogP contribution < -0.4 is 5.32 Å². The number of hydrogen-bond acceptors (Lipinski definition) is 3.